The van der Waals surface area contributed by atoms with Crippen molar-refractivity contribution in [2.75, 3.05) is 5.75 Å². The predicted molar refractivity (Wildman–Crippen MR) is 105 cm³/mol. The molecule has 0 aliphatic rings. The normalized spacial score (nSPS) is 10.5. The van der Waals surface area contributed by atoms with E-state index in [9.17, 15) is 10.1 Å². The summed E-state index contributed by atoms with van der Waals surface area (Å²) >= 11 is 1.30. The first-order valence-corrected chi connectivity index (χ1v) is 9.31. The van der Waals surface area contributed by atoms with Gasteiger partial charge in [0.1, 0.15) is 11.1 Å². The molecule has 5 heteroatoms. The molecule has 3 aromatic rings. The Labute approximate surface area is 157 Å². The molecule has 0 fully saturated rings. The molecule has 4 nitrogen and oxygen atoms in total. The number of carbonyl (C=O) groups excluding carboxylic acids is 1. The molecule has 1 amide bonds. The smallest absolute Gasteiger partial charge is 0.230 e. The third-order valence-electron chi connectivity index (χ3n) is 4.16. The first-order valence-electron chi connectivity index (χ1n) is 8.33. The maximum atomic E-state index is 12.1. The minimum Gasteiger partial charge on any atom is -0.351 e. The Morgan fingerprint density at radius 1 is 1.15 bits per heavy atom. The minimum atomic E-state index is -0.0781. The molecule has 0 radical (unpaired) electrons. The van der Waals surface area contributed by atoms with Crippen LogP contribution < -0.4 is 5.32 Å². The van der Waals surface area contributed by atoms with E-state index >= 15 is 0 Å². The van der Waals surface area contributed by atoms with Crippen LogP contribution in [0.2, 0.25) is 0 Å². The van der Waals surface area contributed by atoms with Gasteiger partial charge in [-0.1, -0.05) is 54.2 Å². The molecule has 1 heterocycles. The van der Waals surface area contributed by atoms with Gasteiger partial charge in [0, 0.05) is 11.9 Å². The Morgan fingerprint density at radius 3 is 2.62 bits per heavy atom. The molecule has 3 rings (SSSR count). The van der Waals surface area contributed by atoms with Crippen molar-refractivity contribution < 1.29 is 4.79 Å². The Hall–Kier alpha value is -2.84. The average Bonchev–Trinajstić information content (AvgIpc) is 2.68. The summed E-state index contributed by atoms with van der Waals surface area (Å²) in [6, 6.07) is 17.9. The van der Waals surface area contributed by atoms with Crippen molar-refractivity contribution in [3.63, 3.8) is 0 Å². The number of carbonyl (C=O) groups is 1. The second-order valence-electron chi connectivity index (χ2n) is 6.10. The summed E-state index contributed by atoms with van der Waals surface area (Å²) in [5.74, 6) is 0.149. The Morgan fingerprint density at radius 2 is 1.88 bits per heavy atom. The Kier molecular flexibility index (Phi) is 5.55. The van der Waals surface area contributed by atoms with E-state index in [0.29, 0.717) is 17.1 Å². The second-order valence-corrected chi connectivity index (χ2v) is 7.06. The summed E-state index contributed by atoms with van der Waals surface area (Å²) in [6.07, 6.45) is 0. The summed E-state index contributed by atoms with van der Waals surface area (Å²) in [6.45, 7) is 4.51. The monoisotopic (exact) mass is 361 g/mol. The Bertz CT molecular complexity index is 994. The van der Waals surface area contributed by atoms with Crippen LogP contribution in [0.1, 0.15) is 22.3 Å². The number of aromatic nitrogens is 1. The van der Waals surface area contributed by atoms with Gasteiger partial charge in [-0.2, -0.15) is 5.26 Å². The van der Waals surface area contributed by atoms with E-state index in [1.807, 2.05) is 62.4 Å². The van der Waals surface area contributed by atoms with Crippen LogP contribution in [0.15, 0.2) is 53.6 Å². The van der Waals surface area contributed by atoms with E-state index in [0.717, 1.165) is 27.6 Å². The van der Waals surface area contributed by atoms with Crippen molar-refractivity contribution >= 4 is 28.6 Å². The van der Waals surface area contributed by atoms with E-state index in [1.165, 1.54) is 11.8 Å². The highest BCUT2D eigenvalue weighted by Crippen LogP contribution is 2.28. The van der Waals surface area contributed by atoms with Crippen molar-refractivity contribution in [2.24, 2.45) is 0 Å². The lowest BCUT2D eigenvalue weighted by atomic mass is 10.0. The van der Waals surface area contributed by atoms with Gasteiger partial charge >= 0.3 is 0 Å². The van der Waals surface area contributed by atoms with E-state index in [1.54, 1.807) is 0 Å². The fourth-order valence-corrected chi connectivity index (χ4v) is 3.47. The zero-order chi connectivity index (χ0) is 18.5. The minimum absolute atomic E-state index is 0.0781. The van der Waals surface area contributed by atoms with Crippen LogP contribution in [-0.2, 0) is 11.3 Å². The van der Waals surface area contributed by atoms with Crippen molar-refractivity contribution in [1.82, 2.24) is 10.3 Å². The van der Waals surface area contributed by atoms with E-state index in [4.69, 9.17) is 0 Å². The summed E-state index contributed by atoms with van der Waals surface area (Å²) in [5.41, 5.74) is 4.60. The fourth-order valence-electron chi connectivity index (χ4n) is 2.69. The van der Waals surface area contributed by atoms with Crippen molar-refractivity contribution in [3.05, 3.63) is 70.8 Å². The van der Waals surface area contributed by atoms with E-state index < -0.39 is 0 Å². The number of nitrogens with one attached hydrogen (secondary N) is 1. The zero-order valence-corrected chi connectivity index (χ0v) is 15.6. The molecule has 0 atom stereocenters. The molecule has 2 aromatic carbocycles. The van der Waals surface area contributed by atoms with Gasteiger partial charge in [-0.3, -0.25) is 4.79 Å². The molecule has 0 aliphatic carbocycles. The maximum absolute atomic E-state index is 12.1. The maximum Gasteiger partial charge on any atom is 0.230 e. The first-order chi connectivity index (χ1) is 12.6. The number of rotatable bonds is 5. The lowest BCUT2D eigenvalue weighted by Crippen LogP contribution is -2.24. The van der Waals surface area contributed by atoms with E-state index in [-0.39, 0.29) is 11.7 Å². The molecule has 1 aromatic heterocycles. The zero-order valence-electron chi connectivity index (χ0n) is 14.7. The highest BCUT2D eigenvalue weighted by atomic mass is 32.2. The van der Waals surface area contributed by atoms with Crippen LogP contribution in [0.25, 0.3) is 10.9 Å². The molecular weight excluding hydrogens is 342 g/mol. The molecule has 0 bridgehead atoms. The largest absolute Gasteiger partial charge is 0.351 e. The molecule has 26 heavy (non-hydrogen) atoms. The summed E-state index contributed by atoms with van der Waals surface area (Å²) in [4.78, 5) is 16.8. The van der Waals surface area contributed by atoms with Gasteiger partial charge in [-0.05, 0) is 36.6 Å². The van der Waals surface area contributed by atoms with Gasteiger partial charge < -0.3 is 5.32 Å². The summed E-state index contributed by atoms with van der Waals surface area (Å²) in [5, 5.41) is 13.9. The highest BCUT2D eigenvalue weighted by molar-refractivity contribution is 8.00. The lowest BCUT2D eigenvalue weighted by Gasteiger charge is -2.10. The van der Waals surface area contributed by atoms with Crippen LogP contribution in [-0.4, -0.2) is 16.6 Å². The number of nitrogens with zero attached hydrogens (tertiary/aromatic N) is 2. The van der Waals surface area contributed by atoms with Gasteiger partial charge in [-0.15, -0.1) is 0 Å². The first kappa shape index (κ1) is 18.0. The van der Waals surface area contributed by atoms with Crippen LogP contribution >= 0.6 is 11.8 Å². The molecule has 0 aliphatic heterocycles. The van der Waals surface area contributed by atoms with Crippen LogP contribution in [0.4, 0.5) is 0 Å². The second kappa shape index (κ2) is 8.03. The Balaban J connectivity index is 1.73. The molecule has 0 saturated carbocycles. The van der Waals surface area contributed by atoms with Crippen LogP contribution in [0.3, 0.4) is 0 Å². The molecule has 130 valence electrons. The third kappa shape index (κ3) is 4.04. The average molecular weight is 361 g/mol. The number of nitriles is 1. The number of amides is 1. The number of fused-ring (bicyclic) bond motifs is 1. The molecule has 0 saturated heterocycles. The quantitative estimate of drug-likeness (QED) is 0.694. The van der Waals surface area contributed by atoms with Crippen molar-refractivity contribution in [3.8, 4) is 6.07 Å². The van der Waals surface area contributed by atoms with Crippen molar-refractivity contribution in [1.29, 1.82) is 5.26 Å². The molecular formula is C21H19N3OS. The summed E-state index contributed by atoms with van der Waals surface area (Å²) in [7, 11) is 0. The van der Waals surface area contributed by atoms with Gasteiger partial charge in [-0.25, -0.2) is 4.98 Å². The summed E-state index contributed by atoms with van der Waals surface area (Å²) < 4.78 is 0. The lowest BCUT2D eigenvalue weighted by molar-refractivity contribution is -0.118. The number of aryl methyl sites for hydroxylation is 2. The SMILES string of the molecule is Cc1ccc(C)c2nc(SCC(=O)NCc3ccccc3)c(C#N)cc12. The highest BCUT2D eigenvalue weighted by Gasteiger charge is 2.12. The topological polar surface area (TPSA) is 65.8 Å². The molecule has 0 unspecified atom stereocenters. The van der Waals surface area contributed by atoms with Crippen LogP contribution in [0.5, 0.6) is 0 Å². The van der Waals surface area contributed by atoms with Gasteiger partial charge in [0.25, 0.3) is 0 Å². The van der Waals surface area contributed by atoms with Gasteiger partial charge in [0.2, 0.25) is 5.91 Å². The number of hydrogen-bond donors (Lipinski definition) is 1. The number of benzene rings is 2. The number of thioether (sulfide) groups is 1. The van der Waals surface area contributed by atoms with Gasteiger partial charge in [0.05, 0.1) is 16.8 Å². The number of pyridine rings is 1. The predicted octanol–water partition coefficient (Wildman–Crippen LogP) is 4.13. The van der Waals surface area contributed by atoms with E-state index in [2.05, 4.69) is 16.4 Å². The van der Waals surface area contributed by atoms with Gasteiger partial charge in [0.15, 0.2) is 0 Å². The standard InChI is InChI=1S/C21H19N3OS/c1-14-8-9-15(2)20-18(14)10-17(11-22)21(24-20)26-13-19(25)23-12-16-6-4-3-5-7-16/h3-10H,12-13H2,1-2H3,(H,23,25). The van der Waals surface area contributed by atoms with Crippen LogP contribution in [0, 0.1) is 25.2 Å². The molecule has 0 spiro atoms. The van der Waals surface area contributed by atoms with Crippen molar-refractivity contribution in [2.45, 2.75) is 25.4 Å². The third-order valence-corrected chi connectivity index (χ3v) is 5.15. The molecule has 1 N–H and O–H groups in total. The number of hydrogen-bond acceptors (Lipinski definition) is 4. The fraction of sp³-hybridized carbons (Fsp3) is 0.190.